The molecule has 5 aromatic rings. The lowest BCUT2D eigenvalue weighted by Gasteiger charge is -2.33. The number of hydrogen-bond acceptors (Lipinski definition) is 7. The van der Waals surface area contributed by atoms with E-state index in [1.165, 1.54) is 24.3 Å². The Hall–Kier alpha value is -4.94. The van der Waals surface area contributed by atoms with Gasteiger partial charge in [-0.15, -0.1) is 11.3 Å². The summed E-state index contributed by atoms with van der Waals surface area (Å²) in [4.78, 5) is 31.9. The Labute approximate surface area is 273 Å². The van der Waals surface area contributed by atoms with Crippen LogP contribution in [0.3, 0.4) is 0 Å². The van der Waals surface area contributed by atoms with E-state index in [-0.39, 0.29) is 35.8 Å². The molecule has 0 aliphatic carbocycles. The summed E-state index contributed by atoms with van der Waals surface area (Å²) in [5.41, 5.74) is 4.83. The van der Waals surface area contributed by atoms with Crippen molar-refractivity contribution in [2.75, 3.05) is 19.7 Å². The van der Waals surface area contributed by atoms with Gasteiger partial charge in [0.05, 0.1) is 35.6 Å². The highest BCUT2D eigenvalue weighted by atomic mass is 32.1. The number of fused-ring (bicyclic) bond motifs is 3. The lowest BCUT2D eigenvalue weighted by molar-refractivity contribution is -0.129. The number of thiophene rings is 1. The molecule has 12 heteroatoms. The molecule has 0 radical (unpaired) electrons. The zero-order chi connectivity index (χ0) is 33.0. The van der Waals surface area contributed by atoms with Gasteiger partial charge in [0.1, 0.15) is 35.4 Å². The minimum absolute atomic E-state index is 0.00172. The topological polar surface area (TPSA) is 110 Å². The Morgan fingerprint density at radius 1 is 1.19 bits per heavy atom. The molecule has 0 saturated carbocycles. The van der Waals surface area contributed by atoms with Gasteiger partial charge in [-0.1, -0.05) is 12.6 Å². The van der Waals surface area contributed by atoms with Gasteiger partial charge in [-0.25, -0.2) is 13.8 Å². The lowest BCUT2D eigenvalue weighted by atomic mass is 9.93. The number of ether oxygens (including phenoxy) is 1. The van der Waals surface area contributed by atoms with Gasteiger partial charge >= 0.3 is 0 Å². The van der Waals surface area contributed by atoms with Crippen LogP contribution in [0.1, 0.15) is 41.5 Å². The molecule has 2 atom stereocenters. The maximum Gasteiger partial charge on any atom is 0.251 e. The Morgan fingerprint density at radius 2 is 2.02 bits per heavy atom. The molecule has 2 amide bonds. The van der Waals surface area contributed by atoms with Gasteiger partial charge in [-0.05, 0) is 61.6 Å². The number of hydrogen-bond donors (Lipinski definition) is 2. The van der Waals surface area contributed by atoms with Crippen molar-refractivity contribution in [1.29, 1.82) is 0 Å². The van der Waals surface area contributed by atoms with Crippen LogP contribution in [-0.4, -0.2) is 62.4 Å². The van der Waals surface area contributed by atoms with Crippen LogP contribution < -0.4 is 10.1 Å². The number of aliphatic hydroxyl groups excluding tert-OH is 1. The van der Waals surface area contributed by atoms with Crippen molar-refractivity contribution in [3.63, 3.8) is 0 Å². The molecule has 240 valence electrons. The summed E-state index contributed by atoms with van der Waals surface area (Å²) >= 11 is 1.38. The van der Waals surface area contributed by atoms with Gasteiger partial charge in [0.25, 0.3) is 5.91 Å². The van der Waals surface area contributed by atoms with Crippen LogP contribution in [-0.2, 0) is 17.8 Å². The first-order valence-electron chi connectivity index (χ1n) is 15.3. The van der Waals surface area contributed by atoms with Crippen molar-refractivity contribution in [2.24, 2.45) is 0 Å². The monoisotopic (exact) mass is 655 g/mol. The van der Waals surface area contributed by atoms with Crippen LogP contribution in [0.2, 0.25) is 0 Å². The molecule has 5 heterocycles. The number of aromatic nitrogens is 3. The molecule has 2 aliphatic heterocycles. The fourth-order valence-corrected chi connectivity index (χ4v) is 7.34. The second-order valence-corrected chi connectivity index (χ2v) is 12.7. The van der Waals surface area contributed by atoms with Crippen LogP contribution in [0, 0.1) is 11.6 Å². The van der Waals surface area contributed by atoms with Crippen molar-refractivity contribution >= 4 is 33.2 Å². The number of pyridine rings is 1. The van der Waals surface area contributed by atoms with Crippen molar-refractivity contribution in [3.8, 4) is 39.5 Å². The zero-order valence-electron chi connectivity index (χ0n) is 25.7. The number of nitrogens with one attached hydrogen (secondary N) is 1. The summed E-state index contributed by atoms with van der Waals surface area (Å²) in [7, 11) is 0. The van der Waals surface area contributed by atoms with Gasteiger partial charge in [0, 0.05) is 52.0 Å². The summed E-state index contributed by atoms with van der Waals surface area (Å²) in [6.07, 6.45) is 1.07. The van der Waals surface area contributed by atoms with Crippen LogP contribution >= 0.6 is 11.3 Å². The first kappa shape index (κ1) is 30.7. The lowest BCUT2D eigenvalue weighted by Crippen LogP contribution is -2.40. The Morgan fingerprint density at radius 3 is 2.81 bits per heavy atom. The van der Waals surface area contributed by atoms with E-state index in [1.807, 2.05) is 41.3 Å². The molecule has 3 aromatic heterocycles. The van der Waals surface area contributed by atoms with E-state index >= 15 is 4.39 Å². The highest BCUT2D eigenvalue weighted by Crippen LogP contribution is 2.47. The van der Waals surface area contributed by atoms with E-state index in [9.17, 15) is 19.1 Å². The molecular formula is C35H31F2N5O4S. The van der Waals surface area contributed by atoms with E-state index in [1.54, 1.807) is 11.0 Å². The summed E-state index contributed by atoms with van der Waals surface area (Å²) in [5, 5.41) is 20.3. The van der Waals surface area contributed by atoms with Gasteiger partial charge in [0.2, 0.25) is 5.91 Å². The Balaban J connectivity index is 1.50. The minimum atomic E-state index is -0.885. The number of aliphatic hydroxyl groups is 1. The molecule has 0 bridgehead atoms. The van der Waals surface area contributed by atoms with Crippen molar-refractivity contribution in [1.82, 2.24) is 25.0 Å². The normalized spacial score (nSPS) is 16.4. The summed E-state index contributed by atoms with van der Waals surface area (Å²) in [6, 6.07) is 10.9. The summed E-state index contributed by atoms with van der Waals surface area (Å²) in [6.45, 7) is 8.28. The average Bonchev–Trinajstić information content (AvgIpc) is 3.71. The van der Waals surface area contributed by atoms with Gasteiger partial charge in [-0.2, -0.15) is 5.10 Å². The molecule has 9 nitrogen and oxygen atoms in total. The predicted octanol–water partition coefficient (Wildman–Crippen LogP) is 5.91. The first-order chi connectivity index (χ1) is 22.6. The van der Waals surface area contributed by atoms with Gasteiger partial charge in [-0.3, -0.25) is 14.3 Å². The first-order valence-corrected chi connectivity index (χ1v) is 16.2. The number of halogens is 2. The van der Waals surface area contributed by atoms with E-state index in [0.717, 1.165) is 34.3 Å². The van der Waals surface area contributed by atoms with Crippen molar-refractivity contribution < 1.29 is 28.2 Å². The molecule has 2 N–H and O–H groups in total. The molecular weight excluding hydrogens is 624 g/mol. The number of carbonyl (C=O) groups is 2. The number of amides is 2. The van der Waals surface area contributed by atoms with Crippen LogP contribution in [0.15, 0.2) is 60.5 Å². The Bertz CT molecular complexity index is 2090. The van der Waals surface area contributed by atoms with Gasteiger partial charge in [0.15, 0.2) is 0 Å². The third kappa shape index (κ3) is 5.36. The zero-order valence-corrected chi connectivity index (χ0v) is 26.5. The number of benzene rings is 2. The quantitative estimate of drug-likeness (QED) is 0.211. The highest BCUT2D eigenvalue weighted by molar-refractivity contribution is 7.18. The smallest absolute Gasteiger partial charge is 0.251 e. The highest BCUT2D eigenvalue weighted by Gasteiger charge is 2.31. The molecule has 2 aliphatic rings. The van der Waals surface area contributed by atoms with E-state index in [0.29, 0.717) is 59.0 Å². The third-order valence-corrected chi connectivity index (χ3v) is 9.55. The van der Waals surface area contributed by atoms with Gasteiger partial charge < -0.3 is 20.1 Å². The van der Waals surface area contributed by atoms with Crippen LogP contribution in [0.4, 0.5) is 8.78 Å². The molecule has 0 spiro atoms. The second-order valence-electron chi connectivity index (χ2n) is 11.7. The fraction of sp³-hybridized carbons (Fsp3) is 0.257. The second kappa shape index (κ2) is 12.0. The maximum absolute atomic E-state index is 16.0. The van der Waals surface area contributed by atoms with Crippen molar-refractivity contribution in [3.05, 3.63) is 89.0 Å². The summed E-state index contributed by atoms with van der Waals surface area (Å²) in [5.74, 6) is -2.07. The fourth-order valence-electron chi connectivity index (χ4n) is 6.39. The SMILES string of the molecule is C=CC(=O)N1CCn2nc(-c3nc(-c4ccc5c(c4)CCNC5=O)c4ccsc4c3-c3c(F)cc(F)cc3OC[C@@H](C)O)cc2[C@H]1C. The molecule has 7 rings (SSSR count). The Kier molecular flexibility index (Phi) is 7.85. The predicted molar refractivity (Wildman–Crippen MR) is 175 cm³/mol. The van der Waals surface area contributed by atoms with E-state index < -0.39 is 17.7 Å². The van der Waals surface area contributed by atoms with E-state index in [2.05, 4.69) is 11.9 Å². The minimum Gasteiger partial charge on any atom is -0.490 e. The maximum atomic E-state index is 16.0. The molecule has 47 heavy (non-hydrogen) atoms. The average molecular weight is 656 g/mol. The molecule has 0 unspecified atom stereocenters. The largest absolute Gasteiger partial charge is 0.490 e. The number of carbonyl (C=O) groups excluding carboxylic acids is 2. The summed E-state index contributed by atoms with van der Waals surface area (Å²) < 4.78 is 39.0. The standard InChI is InChI=1S/C35H31F2N5O4S/c1-4-29(44)41-10-11-42-27(19(41)3)16-26(40-42)33-31(30-25(37)14-22(36)15-28(30)46-17-18(2)43)34-24(8-12-47-34)32(39-33)21-5-6-23-20(13-21)7-9-38-35(23)45/h4-6,8,12-16,18-19,43H,1,7,9-11,17H2,2-3H3,(H,38,45)/t18-,19-/m1/s1. The van der Waals surface area contributed by atoms with Crippen LogP contribution in [0.25, 0.3) is 43.9 Å². The molecule has 2 aromatic carbocycles. The molecule has 0 saturated heterocycles. The molecule has 0 fully saturated rings. The third-order valence-electron chi connectivity index (χ3n) is 8.62. The van der Waals surface area contributed by atoms with Crippen molar-refractivity contribution in [2.45, 2.75) is 39.0 Å². The number of rotatable bonds is 7. The van der Waals surface area contributed by atoms with E-state index in [4.69, 9.17) is 14.8 Å². The number of nitrogens with zero attached hydrogens (tertiary/aromatic N) is 4. The van der Waals surface area contributed by atoms with Crippen LogP contribution in [0.5, 0.6) is 5.75 Å².